The van der Waals surface area contributed by atoms with Crippen LogP contribution in [-0.4, -0.2) is 41.1 Å². The molecule has 0 amide bonds. The van der Waals surface area contributed by atoms with Crippen LogP contribution in [0.3, 0.4) is 0 Å². The number of benzene rings is 2. The fraction of sp³-hybridized carbons (Fsp3) is 0.238. The fourth-order valence-electron chi connectivity index (χ4n) is 3.62. The first kappa shape index (κ1) is 22.6. The molecule has 4 rings (SSSR count). The Morgan fingerprint density at radius 1 is 1.00 bits per heavy atom. The molecule has 1 fully saturated rings. The highest BCUT2D eigenvalue weighted by molar-refractivity contribution is 6.30. The van der Waals surface area contributed by atoms with Gasteiger partial charge in [0.15, 0.2) is 0 Å². The summed E-state index contributed by atoms with van der Waals surface area (Å²) in [5, 5.41) is 15.1. The average Bonchev–Trinajstić information content (AvgIpc) is 2.78. The Morgan fingerprint density at radius 2 is 1.70 bits per heavy atom. The van der Waals surface area contributed by atoms with E-state index >= 15 is 0 Å². The van der Waals surface area contributed by atoms with Gasteiger partial charge in [0.25, 0.3) is 0 Å². The fourth-order valence-corrected chi connectivity index (χ4v) is 3.80. The van der Waals surface area contributed by atoms with E-state index in [9.17, 15) is 23.3 Å². The van der Waals surface area contributed by atoms with Crippen molar-refractivity contribution in [2.45, 2.75) is 6.18 Å². The minimum Gasteiger partial charge on any atom is -0.368 e. The van der Waals surface area contributed by atoms with Gasteiger partial charge in [0.05, 0.1) is 10.5 Å². The molecule has 1 aliphatic rings. The molecule has 1 N–H and O–H groups in total. The number of aromatic nitrogens is 2. The van der Waals surface area contributed by atoms with Crippen molar-refractivity contribution >= 4 is 40.3 Å². The van der Waals surface area contributed by atoms with E-state index in [1.165, 1.54) is 12.1 Å². The number of anilines is 4. The van der Waals surface area contributed by atoms with Crippen LogP contribution < -0.4 is 15.1 Å². The SMILES string of the molecule is O=[N+]([O-])c1c(Nc2cccc(C(F)(F)F)c2)ncnc1N1CCN(c2cccc(Cl)c2)CC1. The predicted octanol–water partition coefficient (Wildman–Crippen LogP) is 5.13. The monoisotopic (exact) mass is 478 g/mol. The van der Waals surface area contributed by atoms with Gasteiger partial charge in [-0.1, -0.05) is 23.7 Å². The third kappa shape index (κ3) is 5.08. The van der Waals surface area contributed by atoms with Crippen LogP contribution in [-0.2, 0) is 6.18 Å². The average molecular weight is 479 g/mol. The van der Waals surface area contributed by atoms with Gasteiger partial charge >= 0.3 is 11.9 Å². The van der Waals surface area contributed by atoms with Crippen molar-refractivity contribution in [2.75, 3.05) is 41.3 Å². The van der Waals surface area contributed by atoms with Crippen LogP contribution in [0.2, 0.25) is 5.02 Å². The van der Waals surface area contributed by atoms with Crippen LogP contribution in [0.1, 0.15) is 5.56 Å². The molecule has 172 valence electrons. The number of piperazine rings is 1. The number of alkyl halides is 3. The molecule has 2 heterocycles. The van der Waals surface area contributed by atoms with Crippen LogP contribution in [0, 0.1) is 10.1 Å². The lowest BCUT2D eigenvalue weighted by molar-refractivity contribution is -0.383. The van der Waals surface area contributed by atoms with E-state index in [0.717, 1.165) is 24.1 Å². The quantitative estimate of drug-likeness (QED) is 0.402. The van der Waals surface area contributed by atoms with Gasteiger partial charge in [0.2, 0.25) is 11.6 Å². The molecular formula is C21H18ClF3N6O2. The Morgan fingerprint density at radius 3 is 2.36 bits per heavy atom. The van der Waals surface area contributed by atoms with Crippen LogP contribution in [0.25, 0.3) is 0 Å². The molecule has 1 aromatic heterocycles. The lowest BCUT2D eigenvalue weighted by Crippen LogP contribution is -2.47. The van der Waals surface area contributed by atoms with Crippen molar-refractivity contribution in [2.24, 2.45) is 0 Å². The van der Waals surface area contributed by atoms with Crippen LogP contribution >= 0.6 is 11.6 Å². The first-order chi connectivity index (χ1) is 15.7. The maximum atomic E-state index is 13.0. The molecule has 1 aliphatic heterocycles. The normalized spacial score (nSPS) is 14.3. The van der Waals surface area contributed by atoms with E-state index < -0.39 is 22.4 Å². The predicted molar refractivity (Wildman–Crippen MR) is 119 cm³/mol. The summed E-state index contributed by atoms with van der Waals surface area (Å²) in [5.74, 6) is -0.0724. The van der Waals surface area contributed by atoms with Crippen LogP contribution in [0.15, 0.2) is 54.9 Å². The minimum atomic E-state index is -4.54. The topological polar surface area (TPSA) is 87.4 Å². The smallest absolute Gasteiger partial charge is 0.368 e. The Labute approximate surface area is 191 Å². The maximum Gasteiger partial charge on any atom is 0.416 e. The summed E-state index contributed by atoms with van der Waals surface area (Å²) in [4.78, 5) is 23.1. The highest BCUT2D eigenvalue weighted by Crippen LogP contribution is 2.36. The van der Waals surface area contributed by atoms with Crippen molar-refractivity contribution < 1.29 is 18.1 Å². The summed E-state index contributed by atoms with van der Waals surface area (Å²) in [7, 11) is 0. The molecule has 0 radical (unpaired) electrons. The summed E-state index contributed by atoms with van der Waals surface area (Å²) in [6, 6.07) is 11.8. The van der Waals surface area contributed by atoms with Gasteiger partial charge in [0.1, 0.15) is 6.33 Å². The van der Waals surface area contributed by atoms with Crippen LogP contribution in [0.4, 0.5) is 41.9 Å². The van der Waals surface area contributed by atoms with Crippen molar-refractivity contribution in [3.63, 3.8) is 0 Å². The molecule has 0 spiro atoms. The Kier molecular flexibility index (Phi) is 6.23. The number of nitro groups is 1. The standard InChI is InChI=1S/C21H18ClF3N6O2/c22-15-4-2-6-17(12-15)29-7-9-30(10-8-29)20-18(31(32)33)19(26-13-27-20)28-16-5-1-3-14(11-16)21(23,24)25/h1-6,11-13H,7-10H2,(H,26,27,28). The van der Waals surface area contributed by atoms with Gasteiger partial charge in [-0.05, 0) is 36.4 Å². The highest BCUT2D eigenvalue weighted by Gasteiger charge is 2.32. The molecule has 8 nitrogen and oxygen atoms in total. The lowest BCUT2D eigenvalue weighted by Gasteiger charge is -2.36. The number of nitrogens with one attached hydrogen (secondary N) is 1. The molecule has 12 heteroatoms. The highest BCUT2D eigenvalue weighted by atomic mass is 35.5. The van der Waals surface area contributed by atoms with E-state index in [0.29, 0.717) is 31.2 Å². The van der Waals surface area contributed by atoms with Crippen LogP contribution in [0.5, 0.6) is 0 Å². The molecule has 0 bridgehead atoms. The second kappa shape index (κ2) is 9.10. The Balaban J connectivity index is 1.57. The van der Waals surface area contributed by atoms with E-state index in [-0.39, 0.29) is 17.3 Å². The maximum absolute atomic E-state index is 13.0. The van der Waals surface area contributed by atoms with Crippen molar-refractivity contribution in [1.82, 2.24) is 9.97 Å². The molecule has 0 saturated carbocycles. The van der Waals surface area contributed by atoms with Gasteiger partial charge in [-0.25, -0.2) is 9.97 Å². The summed E-state index contributed by atoms with van der Waals surface area (Å²) in [6.07, 6.45) is -3.38. The second-order valence-corrected chi connectivity index (χ2v) is 7.75. The van der Waals surface area contributed by atoms with Gasteiger partial charge in [-0.2, -0.15) is 13.2 Å². The lowest BCUT2D eigenvalue weighted by atomic mass is 10.2. The largest absolute Gasteiger partial charge is 0.416 e. The molecule has 33 heavy (non-hydrogen) atoms. The summed E-state index contributed by atoms with van der Waals surface area (Å²) >= 11 is 6.06. The first-order valence-corrected chi connectivity index (χ1v) is 10.3. The minimum absolute atomic E-state index is 0.0309. The van der Waals surface area contributed by atoms with E-state index in [1.807, 2.05) is 18.2 Å². The van der Waals surface area contributed by atoms with Gasteiger partial charge in [-0.15, -0.1) is 0 Å². The van der Waals surface area contributed by atoms with E-state index in [1.54, 1.807) is 11.0 Å². The Hall–Kier alpha value is -3.60. The summed E-state index contributed by atoms with van der Waals surface area (Å²) in [6.45, 7) is 2.07. The number of nitrogens with zero attached hydrogens (tertiary/aromatic N) is 5. The zero-order chi connectivity index (χ0) is 23.6. The van der Waals surface area contributed by atoms with Crippen molar-refractivity contribution in [3.05, 3.63) is 75.6 Å². The Bertz CT molecular complexity index is 1170. The zero-order valence-electron chi connectivity index (χ0n) is 17.1. The summed E-state index contributed by atoms with van der Waals surface area (Å²) in [5.41, 5.74) is -0.290. The number of hydrogen-bond donors (Lipinski definition) is 1. The van der Waals surface area contributed by atoms with E-state index in [2.05, 4.69) is 20.2 Å². The molecule has 0 unspecified atom stereocenters. The molecule has 3 aromatic rings. The number of rotatable bonds is 5. The van der Waals surface area contributed by atoms with Crippen molar-refractivity contribution in [1.29, 1.82) is 0 Å². The molecule has 1 saturated heterocycles. The van der Waals surface area contributed by atoms with Crippen molar-refractivity contribution in [3.8, 4) is 0 Å². The third-order valence-electron chi connectivity index (χ3n) is 5.19. The number of halogens is 4. The van der Waals surface area contributed by atoms with Gasteiger partial charge in [0, 0.05) is 42.6 Å². The molecular weight excluding hydrogens is 461 g/mol. The van der Waals surface area contributed by atoms with Gasteiger partial charge < -0.3 is 15.1 Å². The first-order valence-electron chi connectivity index (χ1n) is 9.91. The van der Waals surface area contributed by atoms with E-state index in [4.69, 9.17) is 11.6 Å². The molecule has 2 aromatic carbocycles. The number of hydrogen-bond acceptors (Lipinski definition) is 7. The zero-order valence-corrected chi connectivity index (χ0v) is 17.8. The van der Waals surface area contributed by atoms with Gasteiger partial charge in [-0.3, -0.25) is 10.1 Å². The third-order valence-corrected chi connectivity index (χ3v) is 5.43. The molecule has 0 aliphatic carbocycles. The summed E-state index contributed by atoms with van der Waals surface area (Å²) < 4.78 is 39.1. The second-order valence-electron chi connectivity index (χ2n) is 7.31. The molecule has 0 atom stereocenters.